The average Bonchev–Trinajstić information content (AvgIpc) is 2.61. The Hall–Kier alpha value is -1.48. The van der Waals surface area contributed by atoms with E-state index in [0.29, 0.717) is 0 Å². The number of anilines is 1. The first-order chi connectivity index (χ1) is 7.27. The summed E-state index contributed by atoms with van der Waals surface area (Å²) in [6.07, 6.45) is 0. The van der Waals surface area contributed by atoms with E-state index >= 15 is 0 Å². The van der Waals surface area contributed by atoms with Gasteiger partial charge in [-0.2, -0.15) is 5.10 Å². The van der Waals surface area contributed by atoms with Crippen LogP contribution in [0, 0.1) is 6.92 Å². The molecule has 1 aliphatic heterocycles. The molecule has 0 atom stereocenters. The van der Waals surface area contributed by atoms with Crippen molar-refractivity contribution >= 4 is 17.3 Å². The molecule has 0 bridgehead atoms. The number of hydrogen-bond donors (Lipinski definition) is 2. The average molecular weight is 220 g/mol. The summed E-state index contributed by atoms with van der Waals surface area (Å²) in [4.78, 5) is 0. The van der Waals surface area contributed by atoms with Crippen LogP contribution in [0.4, 0.5) is 5.69 Å². The molecule has 0 saturated carbocycles. The summed E-state index contributed by atoms with van der Waals surface area (Å²) in [6.45, 7) is 2.82. The van der Waals surface area contributed by atoms with E-state index in [1.165, 1.54) is 5.56 Å². The number of benzene rings is 1. The van der Waals surface area contributed by atoms with Crippen LogP contribution in [0.25, 0.3) is 11.3 Å². The standard InChI is InChI=1S/C11H10ClN3/c1-6-8-5-13-11-7(10(8)15-14-6)3-2-4-9(11)12/h2-4,13H,5H2,1H3,(H,14,15). The van der Waals surface area contributed by atoms with Crippen LogP contribution in [0.5, 0.6) is 0 Å². The van der Waals surface area contributed by atoms with Gasteiger partial charge in [0.1, 0.15) is 0 Å². The summed E-state index contributed by atoms with van der Waals surface area (Å²) >= 11 is 6.11. The molecular formula is C11H10ClN3. The number of hydrogen-bond acceptors (Lipinski definition) is 2. The number of fused-ring (bicyclic) bond motifs is 3. The Bertz CT molecular complexity index is 531. The lowest BCUT2D eigenvalue weighted by atomic mass is 10.0. The van der Waals surface area contributed by atoms with Gasteiger partial charge in [-0.1, -0.05) is 23.7 Å². The zero-order chi connectivity index (χ0) is 10.4. The van der Waals surface area contributed by atoms with Crippen LogP contribution in [0.15, 0.2) is 18.2 Å². The van der Waals surface area contributed by atoms with E-state index in [4.69, 9.17) is 11.6 Å². The van der Waals surface area contributed by atoms with Crippen molar-refractivity contribution in [2.75, 3.05) is 5.32 Å². The molecule has 0 fully saturated rings. The Labute approximate surface area is 92.5 Å². The first-order valence-corrected chi connectivity index (χ1v) is 5.22. The monoisotopic (exact) mass is 219 g/mol. The van der Waals surface area contributed by atoms with Crippen LogP contribution < -0.4 is 5.32 Å². The van der Waals surface area contributed by atoms with Crippen molar-refractivity contribution in [2.45, 2.75) is 13.5 Å². The van der Waals surface area contributed by atoms with Crippen LogP contribution in [-0.4, -0.2) is 10.2 Å². The normalized spacial score (nSPS) is 12.9. The molecule has 3 rings (SSSR count). The van der Waals surface area contributed by atoms with Crippen molar-refractivity contribution in [3.05, 3.63) is 34.5 Å². The maximum Gasteiger partial charge on any atom is 0.0994 e. The Morgan fingerprint density at radius 1 is 1.40 bits per heavy atom. The maximum absolute atomic E-state index is 6.11. The van der Waals surface area contributed by atoms with Gasteiger partial charge < -0.3 is 5.32 Å². The first-order valence-electron chi connectivity index (χ1n) is 4.84. The fraction of sp³-hybridized carbons (Fsp3) is 0.182. The molecule has 2 N–H and O–H groups in total. The number of para-hydroxylation sites is 1. The molecule has 1 aromatic heterocycles. The molecule has 3 nitrogen and oxygen atoms in total. The van der Waals surface area contributed by atoms with E-state index in [1.54, 1.807) is 0 Å². The number of aromatic amines is 1. The highest BCUT2D eigenvalue weighted by Crippen LogP contribution is 2.39. The van der Waals surface area contributed by atoms with Crippen molar-refractivity contribution in [1.82, 2.24) is 10.2 Å². The van der Waals surface area contributed by atoms with Crippen LogP contribution in [0.2, 0.25) is 5.02 Å². The third-order valence-electron chi connectivity index (χ3n) is 2.78. The van der Waals surface area contributed by atoms with Gasteiger partial charge >= 0.3 is 0 Å². The van der Waals surface area contributed by atoms with Crippen molar-refractivity contribution in [3.63, 3.8) is 0 Å². The zero-order valence-corrected chi connectivity index (χ0v) is 9.02. The highest BCUT2D eigenvalue weighted by molar-refractivity contribution is 6.34. The summed E-state index contributed by atoms with van der Waals surface area (Å²) in [5.41, 5.74) is 5.42. The number of aryl methyl sites for hydroxylation is 1. The Morgan fingerprint density at radius 3 is 3.13 bits per heavy atom. The van der Waals surface area contributed by atoms with Gasteiger partial charge in [-0.3, -0.25) is 5.10 Å². The summed E-state index contributed by atoms with van der Waals surface area (Å²) in [6, 6.07) is 5.87. The van der Waals surface area contributed by atoms with Crippen molar-refractivity contribution in [3.8, 4) is 11.3 Å². The molecule has 2 aromatic rings. The highest BCUT2D eigenvalue weighted by atomic mass is 35.5. The van der Waals surface area contributed by atoms with Crippen molar-refractivity contribution < 1.29 is 0 Å². The number of nitrogens with zero attached hydrogens (tertiary/aromatic N) is 1. The van der Waals surface area contributed by atoms with Crippen molar-refractivity contribution in [2.24, 2.45) is 0 Å². The quantitative estimate of drug-likeness (QED) is 0.715. The molecular weight excluding hydrogens is 210 g/mol. The lowest BCUT2D eigenvalue weighted by Gasteiger charge is -2.18. The number of aromatic nitrogens is 2. The minimum absolute atomic E-state index is 0.749. The minimum Gasteiger partial charge on any atom is -0.379 e. The first kappa shape index (κ1) is 8.80. The molecule has 15 heavy (non-hydrogen) atoms. The van der Waals surface area contributed by atoms with Crippen LogP contribution in [0.1, 0.15) is 11.3 Å². The molecule has 2 heterocycles. The zero-order valence-electron chi connectivity index (χ0n) is 8.26. The lowest BCUT2D eigenvalue weighted by Crippen LogP contribution is -2.08. The largest absolute Gasteiger partial charge is 0.379 e. The van der Waals surface area contributed by atoms with Crippen LogP contribution in [-0.2, 0) is 6.54 Å². The highest BCUT2D eigenvalue weighted by Gasteiger charge is 2.21. The van der Waals surface area contributed by atoms with Crippen molar-refractivity contribution in [1.29, 1.82) is 0 Å². The molecule has 0 radical (unpaired) electrons. The molecule has 0 aliphatic carbocycles. The van der Waals surface area contributed by atoms with Gasteiger partial charge in [0.25, 0.3) is 0 Å². The SMILES string of the molecule is Cc1[nH]nc2c1CNc1c(Cl)cccc1-2. The number of nitrogens with one attached hydrogen (secondary N) is 2. The van der Waals surface area contributed by atoms with E-state index in [-0.39, 0.29) is 0 Å². The predicted molar refractivity (Wildman–Crippen MR) is 61.1 cm³/mol. The molecule has 0 spiro atoms. The molecule has 1 aliphatic rings. The summed E-state index contributed by atoms with van der Waals surface area (Å²) in [7, 11) is 0. The van der Waals surface area contributed by atoms with E-state index in [9.17, 15) is 0 Å². The topological polar surface area (TPSA) is 40.7 Å². The minimum atomic E-state index is 0.749. The third kappa shape index (κ3) is 1.16. The molecule has 4 heteroatoms. The van der Waals surface area contributed by atoms with Crippen LogP contribution in [0.3, 0.4) is 0 Å². The molecule has 0 amide bonds. The van der Waals surface area contributed by atoms with Crippen LogP contribution >= 0.6 is 11.6 Å². The van der Waals surface area contributed by atoms with E-state index in [0.717, 1.165) is 34.2 Å². The summed E-state index contributed by atoms with van der Waals surface area (Å²) in [5, 5.41) is 11.4. The fourth-order valence-corrected chi connectivity index (χ4v) is 2.21. The molecule has 1 aromatic carbocycles. The lowest BCUT2D eigenvalue weighted by molar-refractivity contribution is 1.05. The third-order valence-corrected chi connectivity index (χ3v) is 3.10. The van der Waals surface area contributed by atoms with Gasteiger partial charge in [-0.15, -0.1) is 0 Å². The number of rotatable bonds is 0. The van der Waals surface area contributed by atoms with E-state index < -0.39 is 0 Å². The maximum atomic E-state index is 6.11. The number of halogens is 1. The second kappa shape index (κ2) is 3.00. The van der Waals surface area contributed by atoms with Gasteiger partial charge in [0.15, 0.2) is 0 Å². The van der Waals surface area contributed by atoms with Gasteiger partial charge in [0.2, 0.25) is 0 Å². The Kier molecular flexibility index (Phi) is 1.76. The Morgan fingerprint density at radius 2 is 2.27 bits per heavy atom. The number of H-pyrrole nitrogens is 1. The predicted octanol–water partition coefficient (Wildman–Crippen LogP) is 2.96. The summed E-state index contributed by atoms with van der Waals surface area (Å²) < 4.78 is 0. The van der Waals surface area contributed by atoms with Gasteiger partial charge in [-0.05, 0) is 13.0 Å². The van der Waals surface area contributed by atoms with Gasteiger partial charge in [0, 0.05) is 23.4 Å². The smallest absolute Gasteiger partial charge is 0.0994 e. The van der Waals surface area contributed by atoms with Gasteiger partial charge in [0.05, 0.1) is 16.4 Å². The molecule has 0 unspecified atom stereocenters. The second-order valence-electron chi connectivity index (χ2n) is 3.69. The van der Waals surface area contributed by atoms with E-state index in [2.05, 4.69) is 15.5 Å². The summed E-state index contributed by atoms with van der Waals surface area (Å²) in [5.74, 6) is 0. The second-order valence-corrected chi connectivity index (χ2v) is 4.10. The Balaban J connectivity index is 2.30. The van der Waals surface area contributed by atoms with Gasteiger partial charge in [-0.25, -0.2) is 0 Å². The molecule has 0 saturated heterocycles. The fourth-order valence-electron chi connectivity index (χ4n) is 1.97. The van der Waals surface area contributed by atoms with E-state index in [1.807, 2.05) is 25.1 Å². The molecule has 76 valence electrons.